The van der Waals surface area contributed by atoms with Gasteiger partial charge < -0.3 is 15.2 Å². The molecule has 2 aromatic carbocycles. The van der Waals surface area contributed by atoms with E-state index in [0.717, 1.165) is 16.7 Å². The molecule has 2 rings (SSSR count). The number of hydrogen-bond acceptors (Lipinski definition) is 4. The van der Waals surface area contributed by atoms with E-state index >= 15 is 0 Å². The number of ether oxygens (including phenoxy) is 1. The Hall–Kier alpha value is -2.33. The minimum absolute atomic E-state index is 0.0644. The number of benzene rings is 2. The number of carbonyl (C=O) groups is 1. The highest BCUT2D eigenvalue weighted by atomic mass is 16.5. The molecule has 0 bridgehead atoms. The first-order valence-corrected chi connectivity index (χ1v) is 7.25. The van der Waals surface area contributed by atoms with Gasteiger partial charge >= 0.3 is 5.97 Å². The van der Waals surface area contributed by atoms with Crippen LogP contribution in [-0.2, 0) is 9.53 Å². The molecule has 0 aromatic heterocycles. The van der Waals surface area contributed by atoms with Crippen LogP contribution in [-0.4, -0.2) is 31.8 Å². The third kappa shape index (κ3) is 4.09. The van der Waals surface area contributed by atoms with Crippen LogP contribution in [0.5, 0.6) is 5.75 Å². The van der Waals surface area contributed by atoms with E-state index < -0.39 is 0 Å². The molecule has 0 unspecified atom stereocenters. The Balaban J connectivity index is 2.28. The summed E-state index contributed by atoms with van der Waals surface area (Å²) in [7, 11) is 3.28. The molecule has 0 aliphatic carbocycles. The Labute approximate surface area is 130 Å². The lowest BCUT2D eigenvalue weighted by Gasteiger charge is -2.17. The highest BCUT2D eigenvalue weighted by molar-refractivity contribution is 5.71. The summed E-state index contributed by atoms with van der Waals surface area (Å²) in [6, 6.07) is 15.2. The summed E-state index contributed by atoms with van der Waals surface area (Å²) in [6.45, 7) is 0.703. The lowest BCUT2D eigenvalue weighted by molar-refractivity contribution is -0.141. The summed E-state index contributed by atoms with van der Waals surface area (Å²) in [5.41, 5.74) is 3.18. The number of phenolic OH excluding ortho intramolecular Hbond substituents is 1. The van der Waals surface area contributed by atoms with Gasteiger partial charge in [0, 0.05) is 12.5 Å². The predicted octanol–water partition coefficient (Wildman–Crippen LogP) is 2.93. The average Bonchev–Trinajstić information content (AvgIpc) is 2.55. The molecule has 0 amide bonds. The van der Waals surface area contributed by atoms with Crippen LogP contribution < -0.4 is 5.32 Å². The Kier molecular flexibility index (Phi) is 5.55. The van der Waals surface area contributed by atoms with Gasteiger partial charge in [-0.15, -0.1) is 0 Å². The second-order valence-electron chi connectivity index (χ2n) is 5.21. The summed E-state index contributed by atoms with van der Waals surface area (Å²) in [5.74, 6) is 0.100. The first-order chi connectivity index (χ1) is 10.6. The molecule has 2 aromatic rings. The van der Waals surface area contributed by atoms with E-state index in [2.05, 4.69) is 11.4 Å². The number of carbonyl (C=O) groups excluding carboxylic acids is 1. The number of phenols is 1. The van der Waals surface area contributed by atoms with Crippen molar-refractivity contribution >= 4 is 5.97 Å². The zero-order valence-corrected chi connectivity index (χ0v) is 12.9. The minimum Gasteiger partial charge on any atom is -0.508 e. The van der Waals surface area contributed by atoms with Crippen LogP contribution in [0.1, 0.15) is 17.9 Å². The van der Waals surface area contributed by atoms with Crippen LogP contribution in [0, 0.1) is 0 Å². The molecule has 0 aliphatic rings. The summed E-state index contributed by atoms with van der Waals surface area (Å²) in [5, 5.41) is 12.5. The fourth-order valence-electron chi connectivity index (χ4n) is 2.46. The molecular formula is C18H21NO3. The molecular weight excluding hydrogens is 278 g/mol. The van der Waals surface area contributed by atoms with Crippen molar-refractivity contribution in [2.24, 2.45) is 0 Å². The molecule has 4 nitrogen and oxygen atoms in total. The third-order valence-corrected chi connectivity index (χ3v) is 3.65. The van der Waals surface area contributed by atoms with Gasteiger partial charge in [-0.2, -0.15) is 0 Å². The van der Waals surface area contributed by atoms with E-state index in [1.807, 2.05) is 37.4 Å². The van der Waals surface area contributed by atoms with Crippen molar-refractivity contribution in [2.45, 2.75) is 12.3 Å². The Morgan fingerprint density at radius 2 is 1.91 bits per heavy atom. The Morgan fingerprint density at radius 1 is 1.18 bits per heavy atom. The van der Waals surface area contributed by atoms with Gasteiger partial charge in [0.15, 0.2) is 0 Å². The van der Waals surface area contributed by atoms with Gasteiger partial charge in [-0.05, 0) is 35.9 Å². The van der Waals surface area contributed by atoms with Crippen LogP contribution in [0.25, 0.3) is 11.1 Å². The summed E-state index contributed by atoms with van der Waals surface area (Å²) >= 11 is 0. The molecule has 0 heterocycles. The predicted molar refractivity (Wildman–Crippen MR) is 86.8 cm³/mol. The molecule has 0 fully saturated rings. The van der Waals surface area contributed by atoms with E-state index in [1.165, 1.54) is 7.11 Å². The lowest BCUT2D eigenvalue weighted by atomic mass is 9.92. The Bertz CT molecular complexity index is 622. The highest BCUT2D eigenvalue weighted by Gasteiger charge is 2.16. The maximum Gasteiger partial charge on any atom is 0.306 e. The van der Waals surface area contributed by atoms with Crippen molar-refractivity contribution in [3.63, 3.8) is 0 Å². The summed E-state index contributed by atoms with van der Waals surface area (Å²) in [6.07, 6.45) is 0.344. The fourth-order valence-corrected chi connectivity index (χ4v) is 2.46. The maximum atomic E-state index is 11.6. The molecule has 4 heteroatoms. The quantitative estimate of drug-likeness (QED) is 0.805. The SMILES string of the molecule is CNC[C@@H](CC(=O)OC)c1cccc(-c2ccc(O)cc2)c1. The van der Waals surface area contributed by atoms with Crippen LogP contribution in [0.2, 0.25) is 0 Å². The van der Waals surface area contributed by atoms with Crippen molar-refractivity contribution in [1.82, 2.24) is 5.32 Å². The molecule has 22 heavy (non-hydrogen) atoms. The zero-order valence-electron chi connectivity index (χ0n) is 12.9. The molecule has 0 saturated carbocycles. The smallest absolute Gasteiger partial charge is 0.306 e. The number of esters is 1. The van der Waals surface area contributed by atoms with E-state index in [-0.39, 0.29) is 17.6 Å². The first kappa shape index (κ1) is 16.0. The molecule has 0 aliphatic heterocycles. The van der Waals surface area contributed by atoms with Gasteiger partial charge in [-0.1, -0.05) is 36.4 Å². The molecule has 2 N–H and O–H groups in total. The van der Waals surface area contributed by atoms with E-state index in [4.69, 9.17) is 4.74 Å². The van der Waals surface area contributed by atoms with Crippen LogP contribution in [0.4, 0.5) is 0 Å². The lowest BCUT2D eigenvalue weighted by Crippen LogP contribution is -2.20. The van der Waals surface area contributed by atoms with Crippen LogP contribution in [0.15, 0.2) is 48.5 Å². The number of aromatic hydroxyl groups is 1. The molecule has 116 valence electrons. The third-order valence-electron chi connectivity index (χ3n) is 3.65. The van der Waals surface area contributed by atoms with Crippen molar-refractivity contribution in [3.05, 3.63) is 54.1 Å². The van der Waals surface area contributed by atoms with Gasteiger partial charge in [0.2, 0.25) is 0 Å². The van der Waals surface area contributed by atoms with Crippen molar-refractivity contribution in [1.29, 1.82) is 0 Å². The number of rotatable bonds is 6. The maximum absolute atomic E-state index is 11.6. The number of likely N-dealkylation sites (N-methyl/N-ethyl adjacent to an activating group) is 1. The number of nitrogens with one attached hydrogen (secondary N) is 1. The average molecular weight is 299 g/mol. The molecule has 1 atom stereocenters. The topological polar surface area (TPSA) is 58.6 Å². The van der Waals surface area contributed by atoms with Gasteiger partial charge in [-0.3, -0.25) is 4.79 Å². The summed E-state index contributed by atoms with van der Waals surface area (Å²) in [4.78, 5) is 11.6. The van der Waals surface area contributed by atoms with Gasteiger partial charge in [0.1, 0.15) is 5.75 Å². The minimum atomic E-state index is -0.213. The largest absolute Gasteiger partial charge is 0.508 e. The monoisotopic (exact) mass is 299 g/mol. The van der Waals surface area contributed by atoms with E-state index in [1.54, 1.807) is 12.1 Å². The first-order valence-electron chi connectivity index (χ1n) is 7.25. The van der Waals surface area contributed by atoms with Crippen molar-refractivity contribution < 1.29 is 14.6 Å². The van der Waals surface area contributed by atoms with Crippen LogP contribution in [0.3, 0.4) is 0 Å². The van der Waals surface area contributed by atoms with Gasteiger partial charge in [0.25, 0.3) is 0 Å². The standard InChI is InChI=1S/C18H21NO3/c1-19-12-16(11-18(21)22-2)15-5-3-4-14(10-15)13-6-8-17(20)9-7-13/h3-10,16,19-20H,11-12H2,1-2H3/t16-/m1/s1. The van der Waals surface area contributed by atoms with E-state index in [9.17, 15) is 9.90 Å². The second-order valence-corrected chi connectivity index (χ2v) is 5.21. The second kappa shape index (κ2) is 7.61. The molecule has 0 saturated heterocycles. The normalized spacial score (nSPS) is 11.9. The van der Waals surface area contributed by atoms with Gasteiger partial charge in [0.05, 0.1) is 13.5 Å². The Morgan fingerprint density at radius 3 is 2.55 bits per heavy atom. The molecule has 0 spiro atoms. The van der Waals surface area contributed by atoms with Crippen molar-refractivity contribution in [2.75, 3.05) is 20.7 Å². The summed E-state index contributed by atoms with van der Waals surface area (Å²) < 4.78 is 4.78. The van der Waals surface area contributed by atoms with Crippen LogP contribution >= 0.6 is 0 Å². The zero-order chi connectivity index (χ0) is 15.9. The fraction of sp³-hybridized carbons (Fsp3) is 0.278. The number of methoxy groups -OCH3 is 1. The highest BCUT2D eigenvalue weighted by Crippen LogP contribution is 2.27. The van der Waals surface area contributed by atoms with Gasteiger partial charge in [-0.25, -0.2) is 0 Å². The van der Waals surface area contributed by atoms with Crippen molar-refractivity contribution in [3.8, 4) is 16.9 Å². The number of hydrogen-bond donors (Lipinski definition) is 2. The van der Waals surface area contributed by atoms with E-state index in [0.29, 0.717) is 13.0 Å². The molecule has 0 radical (unpaired) electrons.